The minimum atomic E-state index is -0.815. The summed E-state index contributed by atoms with van der Waals surface area (Å²) in [7, 11) is 1.18. The summed E-state index contributed by atoms with van der Waals surface area (Å²) in [6.07, 6.45) is 6.58. The minimum Gasteiger partial charge on any atom is -0.316 e. The second-order valence-corrected chi connectivity index (χ2v) is 7.61. The van der Waals surface area contributed by atoms with Gasteiger partial charge in [-0.1, -0.05) is 43.0 Å². The Morgan fingerprint density at radius 1 is 1.25 bits per heavy atom. The van der Waals surface area contributed by atoms with Crippen LogP contribution in [0.1, 0.15) is 37.7 Å². The molecular weight excluding hydrogens is 290 g/mol. The summed E-state index contributed by atoms with van der Waals surface area (Å²) in [6.45, 7) is 0. The lowest BCUT2D eigenvalue weighted by Gasteiger charge is -2.29. The van der Waals surface area contributed by atoms with Gasteiger partial charge in [-0.05, 0) is 43.5 Å². The van der Waals surface area contributed by atoms with Gasteiger partial charge in [0, 0.05) is 33.4 Å². The van der Waals surface area contributed by atoms with Crippen LogP contribution in [-0.2, 0) is 16.6 Å². The van der Waals surface area contributed by atoms with Crippen molar-refractivity contribution in [3.05, 3.63) is 34.9 Å². The van der Waals surface area contributed by atoms with Gasteiger partial charge in [0.2, 0.25) is 0 Å². The van der Waals surface area contributed by atoms with Crippen molar-refractivity contribution >= 4 is 22.4 Å². The van der Waals surface area contributed by atoms with E-state index in [-0.39, 0.29) is 0 Å². The van der Waals surface area contributed by atoms with E-state index in [0.717, 1.165) is 16.3 Å². The van der Waals surface area contributed by atoms with Crippen LogP contribution in [0.5, 0.6) is 0 Å². The number of hydrogen-bond acceptors (Lipinski definition) is 2. The summed E-state index contributed by atoms with van der Waals surface area (Å²) in [4.78, 5) is 0. The Morgan fingerprint density at radius 2 is 1.90 bits per heavy atom. The summed E-state index contributed by atoms with van der Waals surface area (Å²) in [5.41, 5.74) is 1.10. The third-order valence-electron chi connectivity index (χ3n) is 4.20. The van der Waals surface area contributed by atoms with Gasteiger partial charge in [0.15, 0.2) is 0 Å². The van der Waals surface area contributed by atoms with E-state index >= 15 is 0 Å². The minimum absolute atomic E-state index is 0.392. The highest BCUT2D eigenvalue weighted by molar-refractivity contribution is 7.84. The zero-order chi connectivity index (χ0) is 14.4. The molecule has 1 N–H and O–H groups in total. The molecule has 0 aliphatic heterocycles. The van der Waals surface area contributed by atoms with E-state index in [1.54, 1.807) is 0 Å². The molecule has 0 aromatic heterocycles. The lowest BCUT2D eigenvalue weighted by molar-refractivity contribution is 0.294. The van der Waals surface area contributed by atoms with Gasteiger partial charge < -0.3 is 5.32 Å². The fourth-order valence-corrected chi connectivity index (χ4v) is 4.66. The SMILES string of the molecule is CNC(CS(=O)Cc1ccc(Cl)cc1)C1CCCCC1. The summed E-state index contributed by atoms with van der Waals surface area (Å²) < 4.78 is 12.3. The van der Waals surface area contributed by atoms with Crippen LogP contribution in [0.25, 0.3) is 0 Å². The van der Waals surface area contributed by atoms with Crippen molar-refractivity contribution in [1.82, 2.24) is 5.32 Å². The van der Waals surface area contributed by atoms with Crippen molar-refractivity contribution in [1.29, 1.82) is 0 Å². The number of nitrogens with one attached hydrogen (secondary N) is 1. The van der Waals surface area contributed by atoms with Gasteiger partial charge in [-0.25, -0.2) is 0 Å². The largest absolute Gasteiger partial charge is 0.316 e. The van der Waals surface area contributed by atoms with Crippen LogP contribution in [0.2, 0.25) is 5.02 Å². The van der Waals surface area contributed by atoms with E-state index in [2.05, 4.69) is 5.32 Å². The monoisotopic (exact) mass is 313 g/mol. The molecule has 2 nitrogen and oxygen atoms in total. The molecule has 1 aliphatic rings. The van der Waals surface area contributed by atoms with E-state index in [9.17, 15) is 4.21 Å². The fraction of sp³-hybridized carbons (Fsp3) is 0.625. The second-order valence-electron chi connectivity index (χ2n) is 5.67. The van der Waals surface area contributed by atoms with Gasteiger partial charge in [-0.3, -0.25) is 4.21 Å². The molecule has 1 saturated carbocycles. The molecular formula is C16H24ClNOS. The van der Waals surface area contributed by atoms with Crippen LogP contribution in [-0.4, -0.2) is 23.1 Å². The summed E-state index contributed by atoms with van der Waals surface area (Å²) >= 11 is 5.87. The molecule has 1 fully saturated rings. The molecule has 0 spiro atoms. The van der Waals surface area contributed by atoms with Crippen LogP contribution in [0, 0.1) is 5.92 Å². The zero-order valence-corrected chi connectivity index (χ0v) is 13.7. The Labute approximate surface area is 129 Å². The highest BCUT2D eigenvalue weighted by atomic mass is 35.5. The van der Waals surface area contributed by atoms with Crippen LogP contribution in [0.3, 0.4) is 0 Å². The number of benzene rings is 1. The predicted molar refractivity (Wildman–Crippen MR) is 87.6 cm³/mol. The smallest absolute Gasteiger partial charge is 0.0486 e. The van der Waals surface area contributed by atoms with Crippen molar-refractivity contribution in [2.24, 2.45) is 5.92 Å². The Balaban J connectivity index is 1.86. The van der Waals surface area contributed by atoms with Gasteiger partial charge in [0.1, 0.15) is 0 Å². The van der Waals surface area contributed by atoms with Crippen molar-refractivity contribution in [2.75, 3.05) is 12.8 Å². The van der Waals surface area contributed by atoms with Crippen molar-refractivity contribution in [3.8, 4) is 0 Å². The lowest BCUT2D eigenvalue weighted by atomic mass is 9.84. The Morgan fingerprint density at radius 3 is 2.50 bits per heavy atom. The molecule has 1 aromatic rings. The van der Waals surface area contributed by atoms with Crippen LogP contribution in [0.15, 0.2) is 24.3 Å². The van der Waals surface area contributed by atoms with Crippen LogP contribution < -0.4 is 5.32 Å². The molecule has 1 aromatic carbocycles. The lowest BCUT2D eigenvalue weighted by Crippen LogP contribution is -2.39. The van der Waals surface area contributed by atoms with Crippen molar-refractivity contribution in [2.45, 2.75) is 43.9 Å². The Kier molecular flexibility index (Phi) is 6.53. The molecule has 0 radical (unpaired) electrons. The second kappa shape index (κ2) is 8.16. The van der Waals surface area contributed by atoms with E-state index in [0.29, 0.717) is 17.7 Å². The molecule has 1 aliphatic carbocycles. The standard InChI is InChI=1S/C16H24ClNOS/c1-18-16(14-5-3-2-4-6-14)12-20(19)11-13-7-9-15(17)10-8-13/h7-10,14,16,18H,2-6,11-12H2,1H3. The van der Waals surface area contributed by atoms with E-state index in [4.69, 9.17) is 11.6 Å². The van der Waals surface area contributed by atoms with E-state index in [1.165, 1.54) is 32.1 Å². The number of halogens is 1. The molecule has 2 unspecified atom stereocenters. The fourth-order valence-electron chi connectivity index (χ4n) is 3.02. The first kappa shape index (κ1) is 16.0. The Hall–Kier alpha value is -0.380. The molecule has 0 bridgehead atoms. The van der Waals surface area contributed by atoms with Gasteiger partial charge >= 0.3 is 0 Å². The van der Waals surface area contributed by atoms with Gasteiger partial charge in [0.05, 0.1) is 0 Å². The van der Waals surface area contributed by atoms with Gasteiger partial charge in [-0.2, -0.15) is 0 Å². The average molecular weight is 314 g/mol. The number of rotatable bonds is 6. The highest BCUT2D eigenvalue weighted by Crippen LogP contribution is 2.27. The summed E-state index contributed by atoms with van der Waals surface area (Å²) in [5.74, 6) is 2.08. The average Bonchev–Trinajstić information content (AvgIpc) is 2.48. The van der Waals surface area contributed by atoms with Crippen molar-refractivity contribution in [3.63, 3.8) is 0 Å². The zero-order valence-electron chi connectivity index (χ0n) is 12.1. The Bertz CT molecular complexity index is 429. The van der Waals surface area contributed by atoms with E-state index < -0.39 is 10.8 Å². The molecule has 112 valence electrons. The topological polar surface area (TPSA) is 29.1 Å². The maximum atomic E-state index is 12.3. The first-order chi connectivity index (χ1) is 9.69. The molecule has 20 heavy (non-hydrogen) atoms. The first-order valence-electron chi connectivity index (χ1n) is 7.45. The first-order valence-corrected chi connectivity index (χ1v) is 9.32. The highest BCUT2D eigenvalue weighted by Gasteiger charge is 2.23. The van der Waals surface area contributed by atoms with E-state index in [1.807, 2.05) is 31.3 Å². The van der Waals surface area contributed by atoms with Gasteiger partial charge in [-0.15, -0.1) is 0 Å². The third-order valence-corrected chi connectivity index (χ3v) is 5.83. The maximum absolute atomic E-state index is 12.3. The van der Waals surface area contributed by atoms with Crippen LogP contribution >= 0.6 is 11.6 Å². The molecule has 2 atom stereocenters. The molecule has 4 heteroatoms. The normalized spacial score (nSPS) is 19.7. The van der Waals surface area contributed by atoms with Crippen LogP contribution in [0.4, 0.5) is 0 Å². The molecule has 2 rings (SSSR count). The molecule has 0 heterocycles. The summed E-state index contributed by atoms with van der Waals surface area (Å²) in [6, 6.07) is 8.06. The number of hydrogen-bond donors (Lipinski definition) is 1. The quantitative estimate of drug-likeness (QED) is 0.866. The molecule has 0 saturated heterocycles. The third kappa shape index (κ3) is 4.87. The molecule has 0 amide bonds. The van der Waals surface area contributed by atoms with Gasteiger partial charge in [0.25, 0.3) is 0 Å². The maximum Gasteiger partial charge on any atom is 0.0486 e. The van der Waals surface area contributed by atoms with Crippen molar-refractivity contribution < 1.29 is 4.21 Å². The predicted octanol–water partition coefficient (Wildman–Crippen LogP) is 3.76. The summed E-state index contributed by atoms with van der Waals surface area (Å²) in [5, 5.41) is 4.11.